The van der Waals surface area contributed by atoms with E-state index in [1.54, 1.807) is 24.1 Å². The molecule has 0 radical (unpaired) electrons. The smallest absolute Gasteiger partial charge is 0.253 e. The number of nitrogens with one attached hydrogen (secondary N) is 2. The largest absolute Gasteiger partial charge is 0.493 e. The third kappa shape index (κ3) is 4.36. The van der Waals surface area contributed by atoms with Gasteiger partial charge in [0.1, 0.15) is 0 Å². The Balaban J connectivity index is 3.19. The lowest BCUT2D eigenvalue weighted by Crippen LogP contribution is -2.32. The van der Waals surface area contributed by atoms with Crippen LogP contribution in [-0.4, -0.2) is 58.1 Å². The minimum absolute atomic E-state index is 0.164. The van der Waals surface area contributed by atoms with E-state index in [9.17, 15) is 9.59 Å². The predicted molar refractivity (Wildman–Crippen MR) is 84.7 cm³/mol. The number of carbonyl (C=O) groups excluding carboxylic acids is 2. The number of ether oxygens (including phenoxy) is 2. The second-order valence-electron chi connectivity index (χ2n) is 4.77. The molecular weight excluding hydrogens is 286 g/mol. The molecule has 0 spiro atoms. The van der Waals surface area contributed by atoms with Crippen LogP contribution in [0.3, 0.4) is 0 Å². The molecule has 0 saturated carbocycles. The first-order chi connectivity index (χ1) is 10.4. The molecule has 1 aromatic carbocycles. The number of hydrogen-bond donors (Lipinski definition) is 2. The molecule has 0 aliphatic carbocycles. The van der Waals surface area contributed by atoms with Gasteiger partial charge in [0.2, 0.25) is 5.91 Å². The molecule has 122 valence electrons. The molecule has 0 heterocycles. The first kappa shape index (κ1) is 17.8. The minimum atomic E-state index is -0.256. The number of anilines is 1. The summed E-state index contributed by atoms with van der Waals surface area (Å²) in [6, 6.07) is 3.18. The maximum atomic E-state index is 12.4. The molecule has 0 saturated heterocycles. The van der Waals surface area contributed by atoms with Gasteiger partial charge >= 0.3 is 0 Å². The monoisotopic (exact) mass is 309 g/mol. The maximum absolute atomic E-state index is 12.4. The summed E-state index contributed by atoms with van der Waals surface area (Å²) in [5, 5.41) is 5.64. The van der Waals surface area contributed by atoms with Crippen LogP contribution >= 0.6 is 0 Å². The molecule has 0 atom stereocenters. The zero-order chi connectivity index (χ0) is 16.7. The van der Waals surface area contributed by atoms with Gasteiger partial charge in [-0.2, -0.15) is 0 Å². The SMILES string of the molecule is CNCCN(C)C(=O)c1cc(NC(C)=O)c(OC)c(OC)c1. The Labute approximate surface area is 130 Å². The topological polar surface area (TPSA) is 79.9 Å². The van der Waals surface area contributed by atoms with Crippen LogP contribution in [0.25, 0.3) is 0 Å². The van der Waals surface area contributed by atoms with Crippen LogP contribution < -0.4 is 20.1 Å². The number of methoxy groups -OCH3 is 2. The summed E-state index contributed by atoms with van der Waals surface area (Å²) in [5.74, 6) is 0.350. The molecule has 0 aliphatic rings. The highest BCUT2D eigenvalue weighted by Crippen LogP contribution is 2.36. The van der Waals surface area contributed by atoms with Crippen molar-refractivity contribution in [2.24, 2.45) is 0 Å². The summed E-state index contributed by atoms with van der Waals surface area (Å²) in [5.41, 5.74) is 0.819. The van der Waals surface area contributed by atoms with Crippen molar-refractivity contribution < 1.29 is 19.1 Å². The second kappa shape index (κ2) is 8.23. The lowest BCUT2D eigenvalue weighted by atomic mass is 10.1. The Kier molecular flexibility index (Phi) is 6.65. The number of amides is 2. The van der Waals surface area contributed by atoms with E-state index in [1.807, 2.05) is 7.05 Å². The van der Waals surface area contributed by atoms with Gasteiger partial charge in [-0.05, 0) is 19.2 Å². The zero-order valence-corrected chi connectivity index (χ0v) is 13.6. The van der Waals surface area contributed by atoms with E-state index in [-0.39, 0.29) is 11.8 Å². The van der Waals surface area contributed by atoms with Gasteiger partial charge in [-0.3, -0.25) is 9.59 Å². The van der Waals surface area contributed by atoms with Gasteiger partial charge < -0.3 is 25.0 Å². The van der Waals surface area contributed by atoms with E-state index in [4.69, 9.17) is 9.47 Å². The van der Waals surface area contributed by atoms with E-state index in [0.717, 1.165) is 0 Å². The molecule has 1 rings (SSSR count). The van der Waals surface area contributed by atoms with Gasteiger partial charge in [-0.25, -0.2) is 0 Å². The molecule has 0 fully saturated rings. The summed E-state index contributed by atoms with van der Waals surface area (Å²) in [6.07, 6.45) is 0. The lowest BCUT2D eigenvalue weighted by molar-refractivity contribution is -0.114. The van der Waals surface area contributed by atoms with Gasteiger partial charge in [-0.1, -0.05) is 0 Å². The highest BCUT2D eigenvalue weighted by molar-refractivity contribution is 5.98. The predicted octanol–water partition coefficient (Wildman–Crippen LogP) is 0.954. The fourth-order valence-electron chi connectivity index (χ4n) is 1.97. The Hall–Kier alpha value is -2.28. The molecule has 0 unspecified atom stereocenters. The molecule has 7 nitrogen and oxygen atoms in total. The minimum Gasteiger partial charge on any atom is -0.493 e. The lowest BCUT2D eigenvalue weighted by Gasteiger charge is -2.19. The molecule has 22 heavy (non-hydrogen) atoms. The van der Waals surface area contributed by atoms with E-state index in [0.29, 0.717) is 35.8 Å². The highest BCUT2D eigenvalue weighted by atomic mass is 16.5. The fourth-order valence-corrected chi connectivity index (χ4v) is 1.97. The number of nitrogens with zero attached hydrogens (tertiary/aromatic N) is 1. The van der Waals surface area contributed by atoms with Crippen LogP contribution in [0, 0.1) is 0 Å². The first-order valence-corrected chi connectivity index (χ1v) is 6.88. The van der Waals surface area contributed by atoms with Gasteiger partial charge in [0.25, 0.3) is 5.91 Å². The molecule has 0 aliphatic heterocycles. The molecule has 0 aromatic heterocycles. The van der Waals surface area contributed by atoms with Crippen molar-refractivity contribution in [1.29, 1.82) is 0 Å². The second-order valence-corrected chi connectivity index (χ2v) is 4.77. The van der Waals surface area contributed by atoms with Crippen LogP contribution in [0.15, 0.2) is 12.1 Å². The van der Waals surface area contributed by atoms with Gasteiger partial charge in [0.05, 0.1) is 19.9 Å². The van der Waals surface area contributed by atoms with Crippen LogP contribution in [0.2, 0.25) is 0 Å². The van der Waals surface area contributed by atoms with Crippen molar-refractivity contribution in [3.63, 3.8) is 0 Å². The number of carbonyl (C=O) groups is 2. The van der Waals surface area contributed by atoms with Crippen LogP contribution in [0.5, 0.6) is 11.5 Å². The molecular formula is C15H23N3O4. The standard InChI is InChI=1S/C15H23N3O4/c1-10(19)17-12-8-11(9-13(21-4)14(12)22-5)15(20)18(3)7-6-16-2/h8-9,16H,6-7H2,1-5H3,(H,17,19). The highest BCUT2D eigenvalue weighted by Gasteiger charge is 2.19. The molecule has 0 bridgehead atoms. The summed E-state index contributed by atoms with van der Waals surface area (Å²) >= 11 is 0. The number of rotatable bonds is 7. The molecule has 2 amide bonds. The van der Waals surface area contributed by atoms with Gasteiger partial charge in [-0.15, -0.1) is 0 Å². The van der Waals surface area contributed by atoms with Crippen molar-refractivity contribution in [2.45, 2.75) is 6.92 Å². The number of likely N-dealkylation sites (N-methyl/N-ethyl adjacent to an activating group) is 2. The number of benzene rings is 1. The summed E-state index contributed by atoms with van der Waals surface area (Å²) in [6.45, 7) is 2.65. The average Bonchev–Trinajstić information content (AvgIpc) is 2.50. The Morgan fingerprint density at radius 3 is 2.41 bits per heavy atom. The maximum Gasteiger partial charge on any atom is 0.253 e. The van der Waals surface area contributed by atoms with E-state index in [1.165, 1.54) is 21.1 Å². The quantitative estimate of drug-likeness (QED) is 0.784. The van der Waals surface area contributed by atoms with Crippen LogP contribution in [-0.2, 0) is 4.79 Å². The van der Waals surface area contributed by atoms with Crippen LogP contribution in [0.4, 0.5) is 5.69 Å². The molecule has 1 aromatic rings. The summed E-state index contributed by atoms with van der Waals surface area (Å²) in [4.78, 5) is 25.4. The van der Waals surface area contributed by atoms with E-state index < -0.39 is 0 Å². The Morgan fingerprint density at radius 1 is 1.23 bits per heavy atom. The van der Waals surface area contributed by atoms with Gasteiger partial charge in [0.15, 0.2) is 11.5 Å². The van der Waals surface area contributed by atoms with Crippen molar-refractivity contribution in [2.75, 3.05) is 46.7 Å². The summed E-state index contributed by atoms with van der Waals surface area (Å²) in [7, 11) is 6.50. The van der Waals surface area contributed by atoms with Crippen molar-refractivity contribution >= 4 is 17.5 Å². The van der Waals surface area contributed by atoms with Crippen LogP contribution in [0.1, 0.15) is 17.3 Å². The number of hydrogen-bond acceptors (Lipinski definition) is 5. The van der Waals surface area contributed by atoms with Crippen molar-refractivity contribution in [3.8, 4) is 11.5 Å². The van der Waals surface area contributed by atoms with Gasteiger partial charge in [0, 0.05) is 32.6 Å². The van der Waals surface area contributed by atoms with Crippen molar-refractivity contribution in [3.05, 3.63) is 17.7 Å². The third-order valence-electron chi connectivity index (χ3n) is 3.08. The molecule has 2 N–H and O–H groups in total. The fraction of sp³-hybridized carbons (Fsp3) is 0.467. The van der Waals surface area contributed by atoms with Crippen molar-refractivity contribution in [1.82, 2.24) is 10.2 Å². The van der Waals surface area contributed by atoms with E-state index in [2.05, 4.69) is 10.6 Å². The normalized spacial score (nSPS) is 10.0. The Bertz CT molecular complexity index is 546. The average molecular weight is 309 g/mol. The zero-order valence-electron chi connectivity index (χ0n) is 13.6. The van der Waals surface area contributed by atoms with E-state index >= 15 is 0 Å². The third-order valence-corrected chi connectivity index (χ3v) is 3.08. The molecule has 7 heteroatoms. The first-order valence-electron chi connectivity index (χ1n) is 6.88. The Morgan fingerprint density at radius 2 is 1.91 bits per heavy atom. The summed E-state index contributed by atoms with van der Waals surface area (Å²) < 4.78 is 10.5.